The summed E-state index contributed by atoms with van der Waals surface area (Å²) in [6.45, 7) is 5.55. The molecular formula is C14H24N2S. The van der Waals surface area contributed by atoms with Gasteiger partial charge in [0.15, 0.2) is 0 Å². The average molecular weight is 252 g/mol. The smallest absolute Gasteiger partial charge is 0.0940 e. The second kappa shape index (κ2) is 6.50. The summed E-state index contributed by atoms with van der Waals surface area (Å²) in [5.41, 5.74) is 1.16. The summed E-state index contributed by atoms with van der Waals surface area (Å²) in [5, 5.41) is 7.12. The summed E-state index contributed by atoms with van der Waals surface area (Å²) < 4.78 is 0. The van der Waals surface area contributed by atoms with Crippen molar-refractivity contribution in [3.8, 4) is 0 Å². The van der Waals surface area contributed by atoms with Crippen molar-refractivity contribution in [2.24, 2.45) is 5.92 Å². The van der Waals surface area contributed by atoms with Crippen molar-refractivity contribution in [2.75, 3.05) is 6.54 Å². The second-order valence-corrected chi connectivity index (χ2v) is 6.34. The van der Waals surface area contributed by atoms with Crippen molar-refractivity contribution in [3.05, 3.63) is 16.1 Å². The van der Waals surface area contributed by atoms with Crippen LogP contribution in [0.1, 0.15) is 49.7 Å². The van der Waals surface area contributed by atoms with Gasteiger partial charge < -0.3 is 5.32 Å². The maximum absolute atomic E-state index is 4.50. The Balaban J connectivity index is 1.67. The summed E-state index contributed by atoms with van der Waals surface area (Å²) in [7, 11) is 0. The van der Waals surface area contributed by atoms with Crippen LogP contribution in [0, 0.1) is 12.8 Å². The Morgan fingerprint density at radius 2 is 2.24 bits per heavy atom. The molecule has 1 aromatic heterocycles. The Labute approximate surface area is 109 Å². The zero-order valence-electron chi connectivity index (χ0n) is 11.0. The summed E-state index contributed by atoms with van der Waals surface area (Å²) in [5.74, 6) is 0.934. The molecule has 2 atom stereocenters. The molecule has 1 aliphatic carbocycles. The van der Waals surface area contributed by atoms with Gasteiger partial charge in [-0.15, -0.1) is 11.3 Å². The van der Waals surface area contributed by atoms with Crippen LogP contribution in [-0.4, -0.2) is 17.6 Å². The lowest BCUT2D eigenvalue weighted by molar-refractivity contribution is 0.450. The lowest BCUT2D eigenvalue weighted by atomic mass is 10.0. The third kappa shape index (κ3) is 4.40. The largest absolute Gasteiger partial charge is 0.314 e. The van der Waals surface area contributed by atoms with Gasteiger partial charge in [0.05, 0.1) is 5.01 Å². The van der Waals surface area contributed by atoms with E-state index in [-0.39, 0.29) is 0 Å². The van der Waals surface area contributed by atoms with E-state index >= 15 is 0 Å². The zero-order valence-corrected chi connectivity index (χ0v) is 11.9. The van der Waals surface area contributed by atoms with Gasteiger partial charge in [0.25, 0.3) is 0 Å². The van der Waals surface area contributed by atoms with Crippen molar-refractivity contribution in [2.45, 2.75) is 58.4 Å². The number of rotatable bonds is 4. The summed E-state index contributed by atoms with van der Waals surface area (Å²) in [4.78, 5) is 4.50. The van der Waals surface area contributed by atoms with E-state index in [9.17, 15) is 0 Å². The van der Waals surface area contributed by atoms with Gasteiger partial charge in [-0.1, -0.05) is 19.8 Å². The number of nitrogens with one attached hydrogen (secondary N) is 1. The summed E-state index contributed by atoms with van der Waals surface area (Å²) in [6.07, 6.45) is 8.02. The van der Waals surface area contributed by atoms with Gasteiger partial charge in [0.1, 0.15) is 0 Å². The Bertz CT molecular complexity index is 335. The normalized spacial score (nSPS) is 25.8. The minimum atomic E-state index is 0.751. The summed E-state index contributed by atoms with van der Waals surface area (Å²) >= 11 is 1.79. The molecule has 96 valence electrons. The van der Waals surface area contributed by atoms with Crippen molar-refractivity contribution in [1.29, 1.82) is 0 Å². The van der Waals surface area contributed by atoms with Gasteiger partial charge in [0.2, 0.25) is 0 Å². The fraction of sp³-hybridized carbons (Fsp3) is 0.786. The molecule has 1 heterocycles. The number of aromatic nitrogens is 1. The SMILES string of the molecule is Cc1csc(CCNC2CCCC(C)CC2)n1. The Morgan fingerprint density at radius 3 is 3.00 bits per heavy atom. The van der Waals surface area contributed by atoms with E-state index in [4.69, 9.17) is 0 Å². The molecular weight excluding hydrogens is 228 g/mol. The third-order valence-electron chi connectivity index (χ3n) is 3.70. The molecule has 1 aromatic rings. The molecule has 1 saturated carbocycles. The molecule has 0 aromatic carbocycles. The first-order chi connectivity index (χ1) is 8.24. The highest BCUT2D eigenvalue weighted by Crippen LogP contribution is 2.22. The highest BCUT2D eigenvalue weighted by molar-refractivity contribution is 7.09. The molecule has 2 rings (SSSR count). The first-order valence-corrected chi connectivity index (χ1v) is 7.76. The first-order valence-electron chi connectivity index (χ1n) is 6.88. The van der Waals surface area contributed by atoms with Crippen molar-refractivity contribution in [1.82, 2.24) is 10.3 Å². The van der Waals surface area contributed by atoms with Gasteiger partial charge in [-0.05, 0) is 32.1 Å². The van der Waals surface area contributed by atoms with Gasteiger partial charge in [-0.2, -0.15) is 0 Å². The maximum Gasteiger partial charge on any atom is 0.0940 e. The van der Waals surface area contributed by atoms with Crippen LogP contribution in [-0.2, 0) is 6.42 Å². The van der Waals surface area contributed by atoms with Crippen LogP contribution in [0.25, 0.3) is 0 Å². The van der Waals surface area contributed by atoms with Gasteiger partial charge >= 0.3 is 0 Å². The molecule has 0 bridgehead atoms. The topological polar surface area (TPSA) is 24.9 Å². The van der Waals surface area contributed by atoms with Crippen LogP contribution >= 0.6 is 11.3 Å². The van der Waals surface area contributed by atoms with Crippen LogP contribution in [0.4, 0.5) is 0 Å². The Morgan fingerprint density at radius 1 is 1.35 bits per heavy atom. The molecule has 2 nitrogen and oxygen atoms in total. The van der Waals surface area contributed by atoms with Crippen molar-refractivity contribution < 1.29 is 0 Å². The standard InChI is InChI=1S/C14H24N2S/c1-11-4-3-5-13(7-6-11)15-9-8-14-16-12(2)10-17-14/h10-11,13,15H,3-9H2,1-2H3. The van der Waals surface area contributed by atoms with E-state index in [1.807, 2.05) is 0 Å². The minimum Gasteiger partial charge on any atom is -0.314 e. The number of aryl methyl sites for hydroxylation is 1. The summed E-state index contributed by atoms with van der Waals surface area (Å²) in [6, 6.07) is 0.751. The van der Waals surface area contributed by atoms with E-state index in [2.05, 4.69) is 29.5 Å². The van der Waals surface area contributed by atoms with Gasteiger partial charge in [-0.25, -0.2) is 4.98 Å². The molecule has 1 aliphatic rings. The second-order valence-electron chi connectivity index (χ2n) is 5.40. The Kier molecular flexibility index (Phi) is 4.99. The lowest BCUT2D eigenvalue weighted by Crippen LogP contribution is -2.30. The molecule has 0 saturated heterocycles. The van der Waals surface area contributed by atoms with E-state index in [1.54, 1.807) is 11.3 Å². The van der Waals surface area contributed by atoms with Crippen LogP contribution in [0.2, 0.25) is 0 Å². The van der Waals surface area contributed by atoms with Crippen molar-refractivity contribution >= 4 is 11.3 Å². The van der Waals surface area contributed by atoms with Gasteiger partial charge in [0, 0.05) is 30.1 Å². The van der Waals surface area contributed by atoms with Crippen molar-refractivity contribution in [3.63, 3.8) is 0 Å². The number of nitrogens with zero attached hydrogens (tertiary/aromatic N) is 1. The average Bonchev–Trinajstić information content (AvgIpc) is 2.59. The minimum absolute atomic E-state index is 0.751. The molecule has 3 heteroatoms. The number of hydrogen-bond acceptors (Lipinski definition) is 3. The van der Waals surface area contributed by atoms with E-state index < -0.39 is 0 Å². The van der Waals surface area contributed by atoms with Gasteiger partial charge in [-0.3, -0.25) is 0 Å². The molecule has 2 unspecified atom stereocenters. The predicted octanol–water partition coefficient (Wildman–Crippen LogP) is 3.55. The number of thiazole rings is 1. The fourth-order valence-electron chi connectivity index (χ4n) is 2.59. The first kappa shape index (κ1) is 13.0. The third-order valence-corrected chi connectivity index (χ3v) is 4.72. The predicted molar refractivity (Wildman–Crippen MR) is 74.6 cm³/mol. The van der Waals surface area contributed by atoms with Crippen LogP contribution in [0.5, 0.6) is 0 Å². The van der Waals surface area contributed by atoms with E-state index in [0.717, 1.165) is 30.6 Å². The van der Waals surface area contributed by atoms with Crippen LogP contribution in [0.15, 0.2) is 5.38 Å². The molecule has 0 radical (unpaired) electrons. The van der Waals surface area contributed by atoms with Crippen LogP contribution < -0.4 is 5.32 Å². The monoisotopic (exact) mass is 252 g/mol. The highest BCUT2D eigenvalue weighted by atomic mass is 32.1. The van der Waals surface area contributed by atoms with Crippen LogP contribution in [0.3, 0.4) is 0 Å². The molecule has 17 heavy (non-hydrogen) atoms. The Hall–Kier alpha value is -0.410. The zero-order chi connectivity index (χ0) is 12.1. The highest BCUT2D eigenvalue weighted by Gasteiger charge is 2.15. The lowest BCUT2D eigenvalue weighted by Gasteiger charge is -2.15. The quantitative estimate of drug-likeness (QED) is 0.829. The van der Waals surface area contributed by atoms with E-state index in [0.29, 0.717) is 0 Å². The molecule has 0 amide bonds. The molecule has 0 aliphatic heterocycles. The van der Waals surface area contributed by atoms with E-state index in [1.165, 1.54) is 37.1 Å². The fourth-order valence-corrected chi connectivity index (χ4v) is 3.37. The molecule has 1 fully saturated rings. The molecule has 1 N–H and O–H groups in total. The number of hydrogen-bond donors (Lipinski definition) is 1. The molecule has 0 spiro atoms. The maximum atomic E-state index is 4.50.